The van der Waals surface area contributed by atoms with Crippen LogP contribution in [-0.2, 0) is 0 Å². The van der Waals surface area contributed by atoms with Crippen molar-refractivity contribution >= 4 is 5.82 Å². The fourth-order valence-corrected chi connectivity index (χ4v) is 3.78. The SMILES string of the molecule is CC(C)Oc1cccnc1NC1CC2CCCC(C1)N2C. The number of pyridine rings is 1. The quantitative estimate of drug-likeness (QED) is 0.923. The Hall–Kier alpha value is -1.29. The van der Waals surface area contributed by atoms with Crippen molar-refractivity contribution in [3.63, 3.8) is 0 Å². The van der Waals surface area contributed by atoms with Crippen molar-refractivity contribution in [2.75, 3.05) is 12.4 Å². The highest BCUT2D eigenvalue weighted by atomic mass is 16.5. The number of nitrogens with zero attached hydrogens (tertiary/aromatic N) is 2. The minimum absolute atomic E-state index is 0.173. The Morgan fingerprint density at radius 2 is 2.00 bits per heavy atom. The summed E-state index contributed by atoms with van der Waals surface area (Å²) in [5, 5.41) is 3.64. The zero-order valence-corrected chi connectivity index (χ0v) is 13.4. The van der Waals surface area contributed by atoms with Crippen LogP contribution in [0.15, 0.2) is 18.3 Å². The van der Waals surface area contributed by atoms with Crippen LogP contribution >= 0.6 is 0 Å². The van der Waals surface area contributed by atoms with Gasteiger partial charge in [0.1, 0.15) is 0 Å². The van der Waals surface area contributed by atoms with Crippen molar-refractivity contribution < 1.29 is 4.74 Å². The first kappa shape index (κ1) is 14.6. The number of nitrogens with one attached hydrogen (secondary N) is 1. The largest absolute Gasteiger partial charge is 0.487 e. The molecule has 3 rings (SSSR count). The van der Waals surface area contributed by atoms with E-state index in [-0.39, 0.29) is 6.10 Å². The average Bonchev–Trinajstić information content (AvgIpc) is 2.41. The molecule has 0 saturated carbocycles. The van der Waals surface area contributed by atoms with Crippen LogP contribution in [0.1, 0.15) is 46.0 Å². The molecular formula is C17H27N3O. The van der Waals surface area contributed by atoms with Crippen molar-refractivity contribution in [3.8, 4) is 5.75 Å². The topological polar surface area (TPSA) is 37.4 Å². The van der Waals surface area contributed by atoms with Gasteiger partial charge in [0.2, 0.25) is 0 Å². The van der Waals surface area contributed by atoms with E-state index >= 15 is 0 Å². The van der Waals surface area contributed by atoms with E-state index < -0.39 is 0 Å². The first-order valence-electron chi connectivity index (χ1n) is 8.23. The predicted octanol–water partition coefficient (Wildman–Crippen LogP) is 3.30. The molecule has 2 atom stereocenters. The molecule has 2 aliphatic rings. The summed E-state index contributed by atoms with van der Waals surface area (Å²) in [6, 6.07) is 5.92. The fourth-order valence-electron chi connectivity index (χ4n) is 3.78. The highest BCUT2D eigenvalue weighted by Gasteiger charge is 2.36. The molecule has 21 heavy (non-hydrogen) atoms. The lowest BCUT2D eigenvalue weighted by Crippen LogP contribution is -2.52. The Labute approximate surface area is 127 Å². The second-order valence-corrected chi connectivity index (χ2v) is 6.73. The molecule has 2 bridgehead atoms. The van der Waals surface area contributed by atoms with Gasteiger partial charge in [-0.2, -0.15) is 0 Å². The molecule has 3 heterocycles. The molecule has 2 fully saturated rings. The Kier molecular flexibility index (Phi) is 4.34. The summed E-state index contributed by atoms with van der Waals surface area (Å²) >= 11 is 0. The third-order valence-corrected chi connectivity index (χ3v) is 4.81. The minimum atomic E-state index is 0.173. The molecule has 1 aromatic heterocycles. The lowest BCUT2D eigenvalue weighted by atomic mass is 9.82. The van der Waals surface area contributed by atoms with Crippen LogP contribution < -0.4 is 10.1 Å². The predicted molar refractivity (Wildman–Crippen MR) is 85.8 cm³/mol. The van der Waals surface area contributed by atoms with Crippen molar-refractivity contribution in [1.82, 2.24) is 9.88 Å². The molecule has 1 N–H and O–H groups in total. The molecule has 2 unspecified atom stereocenters. The van der Waals surface area contributed by atoms with Crippen molar-refractivity contribution in [3.05, 3.63) is 18.3 Å². The van der Waals surface area contributed by atoms with Gasteiger partial charge in [0.05, 0.1) is 6.10 Å². The average molecular weight is 289 g/mol. The Bertz CT molecular complexity index is 463. The smallest absolute Gasteiger partial charge is 0.168 e. The van der Waals surface area contributed by atoms with Crippen LogP contribution in [0.3, 0.4) is 0 Å². The summed E-state index contributed by atoms with van der Waals surface area (Å²) in [4.78, 5) is 7.08. The second-order valence-electron chi connectivity index (χ2n) is 6.73. The molecule has 0 aliphatic carbocycles. The van der Waals surface area contributed by atoms with E-state index in [2.05, 4.69) is 36.1 Å². The number of piperidine rings is 2. The van der Waals surface area contributed by atoms with Crippen molar-refractivity contribution in [2.24, 2.45) is 0 Å². The van der Waals surface area contributed by atoms with E-state index in [9.17, 15) is 0 Å². The third kappa shape index (κ3) is 3.31. The molecule has 0 aromatic carbocycles. The zero-order valence-electron chi connectivity index (χ0n) is 13.4. The van der Waals surface area contributed by atoms with Crippen molar-refractivity contribution in [1.29, 1.82) is 0 Å². The van der Waals surface area contributed by atoms with Gasteiger partial charge in [-0.1, -0.05) is 6.42 Å². The Morgan fingerprint density at radius 1 is 1.29 bits per heavy atom. The van der Waals surface area contributed by atoms with Gasteiger partial charge in [0, 0.05) is 24.3 Å². The van der Waals surface area contributed by atoms with Gasteiger partial charge in [-0.15, -0.1) is 0 Å². The number of hydrogen-bond acceptors (Lipinski definition) is 4. The number of fused-ring (bicyclic) bond motifs is 2. The highest BCUT2D eigenvalue weighted by molar-refractivity contribution is 5.50. The number of rotatable bonds is 4. The molecule has 0 radical (unpaired) electrons. The summed E-state index contributed by atoms with van der Waals surface area (Å²) in [5.41, 5.74) is 0. The van der Waals surface area contributed by atoms with Crippen LogP contribution in [0.5, 0.6) is 5.75 Å². The van der Waals surface area contributed by atoms with Crippen LogP contribution in [0, 0.1) is 0 Å². The van der Waals surface area contributed by atoms with Crippen LogP contribution in [0.25, 0.3) is 0 Å². The van der Waals surface area contributed by atoms with E-state index in [4.69, 9.17) is 4.74 Å². The van der Waals surface area contributed by atoms with E-state index in [1.54, 1.807) is 0 Å². The van der Waals surface area contributed by atoms with Gasteiger partial charge in [-0.05, 0) is 58.7 Å². The molecule has 4 heteroatoms. The highest BCUT2D eigenvalue weighted by Crippen LogP contribution is 2.34. The van der Waals surface area contributed by atoms with E-state index in [1.807, 2.05) is 18.3 Å². The molecule has 0 amide bonds. The normalized spacial score (nSPS) is 29.4. The first-order chi connectivity index (χ1) is 10.1. The van der Waals surface area contributed by atoms with Crippen LogP contribution in [0.4, 0.5) is 5.82 Å². The van der Waals surface area contributed by atoms with E-state index in [1.165, 1.54) is 32.1 Å². The summed E-state index contributed by atoms with van der Waals surface area (Å²) in [7, 11) is 2.29. The summed E-state index contributed by atoms with van der Waals surface area (Å²) in [6.45, 7) is 4.10. The van der Waals surface area contributed by atoms with Gasteiger partial charge in [0.15, 0.2) is 11.6 Å². The van der Waals surface area contributed by atoms with Gasteiger partial charge in [-0.25, -0.2) is 4.98 Å². The molecule has 2 aliphatic heterocycles. The number of hydrogen-bond donors (Lipinski definition) is 1. The molecular weight excluding hydrogens is 262 g/mol. The monoisotopic (exact) mass is 289 g/mol. The maximum Gasteiger partial charge on any atom is 0.168 e. The molecule has 2 saturated heterocycles. The molecule has 0 spiro atoms. The van der Waals surface area contributed by atoms with E-state index in [0.717, 1.165) is 23.7 Å². The first-order valence-corrected chi connectivity index (χ1v) is 8.23. The van der Waals surface area contributed by atoms with Gasteiger partial charge in [-0.3, -0.25) is 0 Å². The molecule has 1 aromatic rings. The van der Waals surface area contributed by atoms with Crippen LogP contribution in [-0.4, -0.2) is 41.2 Å². The summed E-state index contributed by atoms with van der Waals surface area (Å²) in [6.07, 6.45) is 8.50. The number of ether oxygens (including phenoxy) is 1. The van der Waals surface area contributed by atoms with Crippen LogP contribution in [0.2, 0.25) is 0 Å². The molecule has 4 nitrogen and oxygen atoms in total. The maximum absolute atomic E-state index is 5.87. The Morgan fingerprint density at radius 3 is 2.67 bits per heavy atom. The fraction of sp³-hybridized carbons (Fsp3) is 0.706. The zero-order chi connectivity index (χ0) is 14.8. The lowest BCUT2D eigenvalue weighted by Gasteiger charge is -2.47. The van der Waals surface area contributed by atoms with Gasteiger partial charge >= 0.3 is 0 Å². The third-order valence-electron chi connectivity index (χ3n) is 4.81. The number of anilines is 1. The van der Waals surface area contributed by atoms with E-state index in [0.29, 0.717) is 6.04 Å². The number of aromatic nitrogens is 1. The summed E-state index contributed by atoms with van der Waals surface area (Å²) < 4.78 is 5.87. The van der Waals surface area contributed by atoms with Crippen molar-refractivity contribution in [2.45, 2.75) is 70.2 Å². The molecule has 116 valence electrons. The lowest BCUT2D eigenvalue weighted by molar-refractivity contribution is 0.0607. The summed E-state index contributed by atoms with van der Waals surface area (Å²) in [5.74, 6) is 1.77. The minimum Gasteiger partial charge on any atom is -0.487 e. The standard InChI is InChI=1S/C17H27N3O/c1-12(2)21-16-8-5-9-18-17(16)19-13-10-14-6-4-7-15(11-13)20(14)3/h5,8-9,12-15H,4,6-7,10-11H2,1-3H3,(H,18,19). The maximum atomic E-state index is 5.87. The van der Waals surface area contributed by atoms with Gasteiger partial charge in [0.25, 0.3) is 0 Å². The van der Waals surface area contributed by atoms with Gasteiger partial charge < -0.3 is 15.0 Å². The Balaban J connectivity index is 1.70. The second kappa shape index (κ2) is 6.22.